The molecule has 3 nitrogen and oxygen atoms in total. The molecule has 0 fully saturated rings. The van der Waals surface area contributed by atoms with Crippen molar-refractivity contribution in [2.45, 2.75) is 23.6 Å². The van der Waals surface area contributed by atoms with Gasteiger partial charge >= 0.3 is 6.18 Å². The molecule has 0 bridgehead atoms. The Hall–Kier alpha value is -1.86. The predicted molar refractivity (Wildman–Crippen MR) is 85.4 cm³/mol. The van der Waals surface area contributed by atoms with E-state index in [2.05, 4.69) is 0 Å². The van der Waals surface area contributed by atoms with Crippen LogP contribution in [0.5, 0.6) is 5.75 Å². The van der Waals surface area contributed by atoms with E-state index in [1.165, 1.54) is 31.4 Å². The number of aliphatic hydroxyl groups is 1. The maximum Gasteiger partial charge on any atom is 0.422 e. The number of hydrogen-bond donors (Lipinski definition) is 1. The molecule has 0 heterocycles. The summed E-state index contributed by atoms with van der Waals surface area (Å²) < 4.78 is 57.7. The van der Waals surface area contributed by atoms with E-state index in [4.69, 9.17) is 4.74 Å². The normalized spacial score (nSPS) is 15.6. The zero-order chi connectivity index (χ0) is 18.0. The molecule has 24 heavy (non-hydrogen) atoms. The number of alkyl halides is 3. The lowest BCUT2D eigenvalue weighted by molar-refractivity contribution is -0.256. The third kappa shape index (κ3) is 3.79. The fourth-order valence-corrected chi connectivity index (χ4v) is 3.47. The van der Waals surface area contributed by atoms with Crippen molar-refractivity contribution in [1.29, 1.82) is 0 Å². The van der Waals surface area contributed by atoms with Crippen molar-refractivity contribution < 1.29 is 27.2 Å². The average Bonchev–Trinajstić information content (AvgIpc) is 2.54. The van der Waals surface area contributed by atoms with Crippen LogP contribution < -0.4 is 4.74 Å². The van der Waals surface area contributed by atoms with Gasteiger partial charge in [0.25, 0.3) is 0 Å². The van der Waals surface area contributed by atoms with Gasteiger partial charge in [-0.2, -0.15) is 13.2 Å². The van der Waals surface area contributed by atoms with Gasteiger partial charge in [0.05, 0.1) is 23.7 Å². The molecule has 0 spiro atoms. The van der Waals surface area contributed by atoms with Crippen LogP contribution in [0.25, 0.3) is 0 Å². The van der Waals surface area contributed by atoms with Gasteiger partial charge in [0.15, 0.2) is 5.60 Å². The first kappa shape index (κ1) is 18.5. The average molecular weight is 362 g/mol. The van der Waals surface area contributed by atoms with Crippen LogP contribution in [0.4, 0.5) is 13.2 Å². The summed E-state index contributed by atoms with van der Waals surface area (Å²) in [6.45, 7) is 1.82. The van der Waals surface area contributed by atoms with Crippen molar-refractivity contribution in [3.63, 3.8) is 0 Å². The van der Waals surface area contributed by atoms with Crippen LogP contribution in [0.3, 0.4) is 0 Å². The first-order valence-corrected chi connectivity index (χ1v) is 8.38. The highest BCUT2D eigenvalue weighted by Crippen LogP contribution is 2.40. The Bertz CT molecular complexity index is 711. The monoisotopic (exact) mass is 362 g/mol. The number of methoxy groups -OCH3 is 1. The summed E-state index contributed by atoms with van der Waals surface area (Å²) in [7, 11) is -0.630. The van der Waals surface area contributed by atoms with E-state index < -0.39 is 28.3 Å². The smallest absolute Gasteiger partial charge is 0.422 e. The molecule has 1 N–H and O–H groups in total. The second-order valence-electron chi connectivity index (χ2n) is 5.39. The number of halogens is 3. The molecule has 0 radical (unpaired) electrons. The standard InChI is InChI=1S/C17H17F3O3S/c1-12-3-9-15(10-4-12)24(22)11-16(21,17(18,19)20)13-5-7-14(23-2)8-6-13/h3-10,21H,11H2,1-2H3/i21+2,22+2. The molecule has 0 amide bonds. The Kier molecular flexibility index (Phi) is 5.35. The molecule has 2 atom stereocenters. The number of ether oxygens (including phenoxy) is 1. The minimum absolute atomic E-state index is 0.233. The van der Waals surface area contributed by atoms with Crippen molar-refractivity contribution in [3.8, 4) is 5.75 Å². The van der Waals surface area contributed by atoms with Crippen molar-refractivity contribution in [3.05, 3.63) is 59.7 Å². The van der Waals surface area contributed by atoms with Crippen molar-refractivity contribution >= 4 is 10.8 Å². The summed E-state index contributed by atoms with van der Waals surface area (Å²) in [5, 5.41) is 10.3. The first-order valence-electron chi connectivity index (χ1n) is 7.06. The summed E-state index contributed by atoms with van der Waals surface area (Å²) in [6, 6.07) is 11.2. The molecule has 0 saturated carbocycles. The van der Waals surface area contributed by atoms with Gasteiger partial charge in [-0.1, -0.05) is 29.8 Å². The van der Waals surface area contributed by atoms with Crippen LogP contribution in [-0.4, -0.2) is 28.4 Å². The van der Waals surface area contributed by atoms with Gasteiger partial charge in [-0.05, 0) is 36.8 Å². The van der Waals surface area contributed by atoms with Gasteiger partial charge in [0.2, 0.25) is 0 Å². The van der Waals surface area contributed by atoms with Crippen LogP contribution in [0, 0.1) is 6.92 Å². The fourth-order valence-electron chi connectivity index (χ4n) is 2.16. The van der Waals surface area contributed by atoms with Gasteiger partial charge < -0.3 is 9.84 Å². The van der Waals surface area contributed by atoms with E-state index >= 15 is 0 Å². The van der Waals surface area contributed by atoms with Crippen molar-refractivity contribution in [1.82, 2.24) is 0 Å². The molecule has 0 aliphatic carbocycles. The second kappa shape index (κ2) is 6.94. The number of rotatable bonds is 5. The van der Waals surface area contributed by atoms with Crippen LogP contribution in [0.2, 0.25) is 0 Å². The SMILES string of the molecule is COc1ccc(C([18OH])(CS(=[18O])c2ccc(C)cc2)C(F)(F)F)cc1. The van der Waals surface area contributed by atoms with Gasteiger partial charge in [-0.15, -0.1) is 0 Å². The van der Waals surface area contributed by atoms with Gasteiger partial charge in [0.1, 0.15) is 5.75 Å². The van der Waals surface area contributed by atoms with Gasteiger partial charge in [-0.25, -0.2) is 0 Å². The highest BCUT2D eigenvalue weighted by molar-refractivity contribution is 7.85. The molecule has 2 aromatic rings. The topological polar surface area (TPSA) is 46.5 Å². The molecule has 2 unspecified atom stereocenters. The van der Waals surface area contributed by atoms with Crippen LogP contribution in [-0.2, 0) is 16.4 Å². The zero-order valence-corrected chi connectivity index (χ0v) is 13.9. The van der Waals surface area contributed by atoms with Crippen molar-refractivity contribution in [2.24, 2.45) is 0 Å². The molecule has 0 aromatic heterocycles. The lowest BCUT2D eigenvalue weighted by atomic mass is 9.96. The van der Waals surface area contributed by atoms with Gasteiger partial charge in [0, 0.05) is 4.90 Å². The zero-order valence-electron chi connectivity index (χ0n) is 13.1. The summed E-state index contributed by atoms with van der Waals surface area (Å²) in [5.74, 6) is -0.616. The Morgan fingerprint density at radius 1 is 1.04 bits per heavy atom. The molecule has 0 saturated heterocycles. The first-order chi connectivity index (χ1) is 11.2. The Morgan fingerprint density at radius 2 is 1.58 bits per heavy atom. The predicted octanol–water partition coefficient (Wildman–Crippen LogP) is 3.56. The molecular formula is C17H17F3O3S. The van der Waals surface area contributed by atoms with Crippen LogP contribution in [0.15, 0.2) is 53.4 Å². The number of aryl methyl sites for hydroxylation is 1. The molecule has 0 aliphatic rings. The third-order valence-corrected chi connectivity index (χ3v) is 5.14. The van der Waals surface area contributed by atoms with E-state index in [1.807, 2.05) is 6.92 Å². The van der Waals surface area contributed by atoms with Crippen LogP contribution >= 0.6 is 0 Å². The number of hydrogen-bond acceptors (Lipinski definition) is 3. The summed E-state index contributed by atoms with van der Waals surface area (Å²) >= 11 is 0. The van der Waals surface area contributed by atoms with Gasteiger partial charge in [-0.3, -0.25) is 4.21 Å². The van der Waals surface area contributed by atoms with E-state index in [9.17, 15) is 22.5 Å². The molecule has 7 heteroatoms. The second-order valence-corrected chi connectivity index (χ2v) is 6.84. The molecule has 2 aromatic carbocycles. The van der Waals surface area contributed by atoms with E-state index in [1.54, 1.807) is 12.1 Å². The Labute approximate surface area is 140 Å². The Morgan fingerprint density at radius 3 is 2.04 bits per heavy atom. The van der Waals surface area contributed by atoms with E-state index in [-0.39, 0.29) is 10.5 Å². The summed E-state index contributed by atoms with van der Waals surface area (Å²) in [4.78, 5) is 0.233. The fraction of sp³-hybridized carbons (Fsp3) is 0.294. The maximum absolute atomic E-state index is 13.5. The van der Waals surface area contributed by atoms with E-state index in [0.29, 0.717) is 5.75 Å². The molecule has 130 valence electrons. The molecular weight excluding hydrogens is 345 g/mol. The quantitative estimate of drug-likeness (QED) is 0.828. The van der Waals surface area contributed by atoms with Crippen LogP contribution in [0.1, 0.15) is 11.1 Å². The highest BCUT2D eigenvalue weighted by Gasteiger charge is 2.56. The number of benzene rings is 2. The molecule has 0 aliphatic heterocycles. The van der Waals surface area contributed by atoms with Crippen molar-refractivity contribution in [2.75, 3.05) is 12.9 Å². The summed E-state index contributed by atoms with van der Waals surface area (Å²) in [6.07, 6.45) is -4.97. The third-order valence-electron chi connectivity index (χ3n) is 3.66. The minimum atomic E-state index is -4.97. The largest absolute Gasteiger partial charge is 0.497 e. The molecule has 2 rings (SSSR count). The lowest BCUT2D eigenvalue weighted by Crippen LogP contribution is -2.46. The maximum atomic E-state index is 13.5. The summed E-state index contributed by atoms with van der Waals surface area (Å²) in [5.41, 5.74) is -2.69. The highest BCUT2D eigenvalue weighted by atomic mass is 32.2. The lowest BCUT2D eigenvalue weighted by Gasteiger charge is -2.30. The minimum Gasteiger partial charge on any atom is -0.497 e. The van der Waals surface area contributed by atoms with E-state index in [0.717, 1.165) is 17.7 Å². The Balaban J connectivity index is 2.37.